The summed E-state index contributed by atoms with van der Waals surface area (Å²) in [5.41, 5.74) is 4.21. The highest BCUT2D eigenvalue weighted by Crippen LogP contribution is 2.24. The first kappa shape index (κ1) is 14.2. The van der Waals surface area contributed by atoms with Gasteiger partial charge in [-0.2, -0.15) is 0 Å². The third-order valence-electron chi connectivity index (χ3n) is 4.15. The van der Waals surface area contributed by atoms with E-state index in [1.807, 2.05) is 0 Å². The van der Waals surface area contributed by atoms with Crippen LogP contribution < -0.4 is 10.2 Å². The minimum Gasteiger partial charge on any atom is -0.370 e. The van der Waals surface area contributed by atoms with Gasteiger partial charge in [0.2, 0.25) is 0 Å². The van der Waals surface area contributed by atoms with Gasteiger partial charge in [0.15, 0.2) is 0 Å². The van der Waals surface area contributed by atoms with E-state index < -0.39 is 0 Å². The van der Waals surface area contributed by atoms with Crippen molar-refractivity contribution in [3.05, 3.63) is 65.7 Å². The van der Waals surface area contributed by atoms with Gasteiger partial charge in [-0.05, 0) is 36.1 Å². The summed E-state index contributed by atoms with van der Waals surface area (Å²) < 4.78 is 0. The van der Waals surface area contributed by atoms with Gasteiger partial charge in [-0.3, -0.25) is 0 Å². The van der Waals surface area contributed by atoms with Gasteiger partial charge in [0, 0.05) is 25.3 Å². The zero-order valence-corrected chi connectivity index (χ0v) is 12.8. The Morgan fingerprint density at radius 1 is 1.05 bits per heavy atom. The molecule has 0 aliphatic carbocycles. The number of para-hydroxylation sites is 1. The molecule has 2 aromatic rings. The molecule has 0 radical (unpaired) electrons. The third kappa shape index (κ3) is 3.64. The van der Waals surface area contributed by atoms with Gasteiger partial charge in [-0.25, -0.2) is 0 Å². The molecule has 1 N–H and O–H groups in total. The number of nitrogens with zero attached hydrogens (tertiary/aromatic N) is 1. The fourth-order valence-electron chi connectivity index (χ4n) is 3.10. The normalized spacial score (nSPS) is 19.3. The van der Waals surface area contributed by atoms with E-state index in [2.05, 4.69) is 71.7 Å². The maximum atomic E-state index is 3.52. The standard InChI is InChI=1S/C19H24N2/c1-16-14-20-11-12-21(15-16)19-10-6-5-9-18(19)13-17-7-3-2-4-8-17/h2-10,16,20H,11-15H2,1H3. The van der Waals surface area contributed by atoms with Crippen LogP contribution in [-0.4, -0.2) is 26.2 Å². The molecule has 110 valence electrons. The Labute approximate surface area is 127 Å². The number of rotatable bonds is 3. The van der Waals surface area contributed by atoms with Crippen molar-refractivity contribution in [2.24, 2.45) is 5.92 Å². The van der Waals surface area contributed by atoms with Crippen LogP contribution in [0.5, 0.6) is 0 Å². The van der Waals surface area contributed by atoms with Crippen LogP contribution in [0.2, 0.25) is 0 Å². The maximum absolute atomic E-state index is 3.52. The van der Waals surface area contributed by atoms with E-state index >= 15 is 0 Å². The monoisotopic (exact) mass is 280 g/mol. The van der Waals surface area contributed by atoms with Crippen molar-refractivity contribution < 1.29 is 0 Å². The van der Waals surface area contributed by atoms with Gasteiger partial charge < -0.3 is 10.2 Å². The van der Waals surface area contributed by atoms with Crippen molar-refractivity contribution in [1.82, 2.24) is 5.32 Å². The predicted octanol–water partition coefficient (Wildman–Crippen LogP) is 3.32. The second kappa shape index (κ2) is 6.77. The van der Waals surface area contributed by atoms with Crippen molar-refractivity contribution in [3.8, 4) is 0 Å². The quantitative estimate of drug-likeness (QED) is 0.928. The van der Waals surface area contributed by atoms with E-state index in [1.165, 1.54) is 16.8 Å². The first-order valence-corrected chi connectivity index (χ1v) is 7.90. The van der Waals surface area contributed by atoms with E-state index in [-0.39, 0.29) is 0 Å². The van der Waals surface area contributed by atoms with E-state index in [4.69, 9.17) is 0 Å². The van der Waals surface area contributed by atoms with Crippen LogP contribution >= 0.6 is 0 Å². The third-order valence-corrected chi connectivity index (χ3v) is 4.15. The lowest BCUT2D eigenvalue weighted by Gasteiger charge is -2.27. The Morgan fingerprint density at radius 3 is 2.67 bits per heavy atom. The summed E-state index contributed by atoms with van der Waals surface area (Å²) in [6.07, 6.45) is 1.01. The molecule has 0 aromatic heterocycles. The molecule has 1 fully saturated rings. The summed E-state index contributed by atoms with van der Waals surface area (Å²) in [5.74, 6) is 0.692. The lowest BCUT2D eigenvalue weighted by Crippen LogP contribution is -2.30. The van der Waals surface area contributed by atoms with Crippen molar-refractivity contribution in [3.63, 3.8) is 0 Å². The zero-order chi connectivity index (χ0) is 14.5. The maximum Gasteiger partial charge on any atom is 0.0402 e. The molecule has 1 aliphatic heterocycles. The minimum absolute atomic E-state index is 0.692. The topological polar surface area (TPSA) is 15.3 Å². The molecule has 1 unspecified atom stereocenters. The van der Waals surface area contributed by atoms with Crippen molar-refractivity contribution in [1.29, 1.82) is 0 Å². The molecule has 2 aromatic carbocycles. The molecule has 0 spiro atoms. The lowest BCUT2D eigenvalue weighted by molar-refractivity contribution is 0.563. The Balaban J connectivity index is 1.85. The molecule has 1 atom stereocenters. The molecule has 3 rings (SSSR count). The Hall–Kier alpha value is -1.80. The van der Waals surface area contributed by atoms with Crippen LogP contribution in [0.3, 0.4) is 0 Å². The summed E-state index contributed by atoms with van der Waals surface area (Å²) >= 11 is 0. The smallest absolute Gasteiger partial charge is 0.0402 e. The highest BCUT2D eigenvalue weighted by Gasteiger charge is 2.16. The van der Waals surface area contributed by atoms with Crippen LogP contribution in [0.15, 0.2) is 54.6 Å². The van der Waals surface area contributed by atoms with Gasteiger partial charge >= 0.3 is 0 Å². The summed E-state index contributed by atoms with van der Waals surface area (Å²) in [4.78, 5) is 2.54. The molecule has 1 aliphatic rings. The number of hydrogen-bond donors (Lipinski definition) is 1. The summed E-state index contributed by atoms with van der Waals surface area (Å²) in [5, 5.41) is 3.52. The average molecular weight is 280 g/mol. The van der Waals surface area contributed by atoms with E-state index in [9.17, 15) is 0 Å². The Bertz CT molecular complexity index is 565. The molecule has 1 saturated heterocycles. The molecule has 2 nitrogen and oxygen atoms in total. The first-order valence-electron chi connectivity index (χ1n) is 7.90. The zero-order valence-electron chi connectivity index (χ0n) is 12.8. The number of anilines is 1. The van der Waals surface area contributed by atoms with E-state index in [1.54, 1.807) is 0 Å². The van der Waals surface area contributed by atoms with Crippen LogP contribution in [0.25, 0.3) is 0 Å². The first-order chi connectivity index (χ1) is 10.3. The fraction of sp³-hybridized carbons (Fsp3) is 0.368. The molecular weight excluding hydrogens is 256 g/mol. The van der Waals surface area contributed by atoms with Gasteiger partial charge in [0.25, 0.3) is 0 Å². The number of nitrogens with one attached hydrogen (secondary N) is 1. The molecule has 0 bridgehead atoms. The fourth-order valence-corrected chi connectivity index (χ4v) is 3.10. The molecular formula is C19H24N2. The number of benzene rings is 2. The SMILES string of the molecule is CC1CNCCN(c2ccccc2Cc2ccccc2)C1. The van der Waals surface area contributed by atoms with E-state index in [0.717, 1.165) is 32.6 Å². The molecule has 2 heteroatoms. The Morgan fingerprint density at radius 2 is 1.81 bits per heavy atom. The van der Waals surface area contributed by atoms with Gasteiger partial charge in [-0.15, -0.1) is 0 Å². The lowest BCUT2D eigenvalue weighted by atomic mass is 10.0. The van der Waals surface area contributed by atoms with Gasteiger partial charge in [0.05, 0.1) is 0 Å². The highest BCUT2D eigenvalue weighted by atomic mass is 15.2. The van der Waals surface area contributed by atoms with Crippen LogP contribution in [0.1, 0.15) is 18.1 Å². The van der Waals surface area contributed by atoms with Crippen LogP contribution in [0.4, 0.5) is 5.69 Å². The highest BCUT2D eigenvalue weighted by molar-refractivity contribution is 5.55. The van der Waals surface area contributed by atoms with E-state index in [0.29, 0.717) is 5.92 Å². The largest absolute Gasteiger partial charge is 0.370 e. The molecule has 0 saturated carbocycles. The average Bonchev–Trinajstić information content (AvgIpc) is 2.73. The minimum atomic E-state index is 0.692. The number of hydrogen-bond acceptors (Lipinski definition) is 2. The summed E-state index contributed by atoms with van der Waals surface area (Å²) in [6.45, 7) is 6.75. The Kier molecular flexibility index (Phi) is 4.56. The van der Waals surface area contributed by atoms with Gasteiger partial charge in [-0.1, -0.05) is 55.5 Å². The molecule has 1 heterocycles. The van der Waals surface area contributed by atoms with Crippen LogP contribution in [0, 0.1) is 5.92 Å². The van der Waals surface area contributed by atoms with Crippen molar-refractivity contribution in [2.75, 3.05) is 31.1 Å². The molecule has 0 amide bonds. The van der Waals surface area contributed by atoms with Crippen molar-refractivity contribution in [2.45, 2.75) is 13.3 Å². The predicted molar refractivity (Wildman–Crippen MR) is 89.9 cm³/mol. The van der Waals surface area contributed by atoms with Crippen LogP contribution in [-0.2, 0) is 6.42 Å². The molecule has 21 heavy (non-hydrogen) atoms. The summed E-state index contributed by atoms with van der Waals surface area (Å²) in [7, 11) is 0. The van der Waals surface area contributed by atoms with Gasteiger partial charge in [0.1, 0.15) is 0 Å². The van der Waals surface area contributed by atoms with Crippen molar-refractivity contribution >= 4 is 5.69 Å². The second-order valence-corrected chi connectivity index (χ2v) is 6.05. The second-order valence-electron chi connectivity index (χ2n) is 6.05. The summed E-state index contributed by atoms with van der Waals surface area (Å²) in [6, 6.07) is 19.6.